The van der Waals surface area contributed by atoms with E-state index in [1.54, 1.807) is 18.9 Å². The molecule has 0 radical (unpaired) electrons. The predicted molar refractivity (Wildman–Crippen MR) is 85.1 cm³/mol. The Labute approximate surface area is 127 Å². The summed E-state index contributed by atoms with van der Waals surface area (Å²) < 4.78 is 7.24. The van der Waals surface area contributed by atoms with Crippen LogP contribution in [-0.4, -0.2) is 28.1 Å². The first-order valence-corrected chi connectivity index (χ1v) is 7.76. The molecule has 21 heavy (non-hydrogen) atoms. The number of thioether (sulfide) groups is 1. The van der Waals surface area contributed by atoms with Gasteiger partial charge in [0.2, 0.25) is 0 Å². The predicted octanol–water partition coefficient (Wildman–Crippen LogP) is 3.66. The number of rotatable bonds is 4. The highest BCUT2D eigenvalue weighted by Gasteiger charge is 2.14. The van der Waals surface area contributed by atoms with Crippen LogP contribution in [0.2, 0.25) is 0 Å². The SMILES string of the molecule is COc1ccccc1-n1nc(-c2ccccc2)nc1SC. The van der Waals surface area contributed by atoms with Crippen molar-refractivity contribution in [2.24, 2.45) is 0 Å². The summed E-state index contributed by atoms with van der Waals surface area (Å²) in [6.45, 7) is 0. The molecule has 2 aromatic carbocycles. The second-order valence-corrected chi connectivity index (χ2v) is 5.15. The van der Waals surface area contributed by atoms with E-state index >= 15 is 0 Å². The van der Waals surface area contributed by atoms with Crippen molar-refractivity contribution in [3.8, 4) is 22.8 Å². The van der Waals surface area contributed by atoms with E-state index in [1.807, 2.05) is 65.5 Å². The van der Waals surface area contributed by atoms with E-state index in [-0.39, 0.29) is 0 Å². The number of para-hydroxylation sites is 2. The molecule has 0 amide bonds. The molecule has 0 spiro atoms. The third-order valence-corrected chi connectivity index (χ3v) is 3.73. The van der Waals surface area contributed by atoms with Gasteiger partial charge in [-0.3, -0.25) is 0 Å². The maximum absolute atomic E-state index is 5.42. The van der Waals surface area contributed by atoms with E-state index in [4.69, 9.17) is 4.74 Å². The van der Waals surface area contributed by atoms with Crippen LogP contribution >= 0.6 is 11.8 Å². The number of aromatic nitrogens is 3. The van der Waals surface area contributed by atoms with E-state index in [2.05, 4.69) is 10.1 Å². The molecule has 4 nitrogen and oxygen atoms in total. The normalized spacial score (nSPS) is 10.6. The molecule has 1 heterocycles. The first-order valence-electron chi connectivity index (χ1n) is 6.53. The Bertz CT molecular complexity index is 740. The number of nitrogens with zero attached hydrogens (tertiary/aromatic N) is 3. The standard InChI is InChI=1S/C16H15N3OS/c1-20-14-11-7-6-10-13(14)19-16(21-2)17-15(18-19)12-8-4-3-5-9-12/h3-11H,1-2H3. The Kier molecular flexibility index (Phi) is 3.92. The van der Waals surface area contributed by atoms with Crippen molar-refractivity contribution >= 4 is 11.8 Å². The molecule has 1 aromatic heterocycles. The summed E-state index contributed by atoms with van der Waals surface area (Å²) >= 11 is 1.56. The maximum atomic E-state index is 5.42. The first kappa shape index (κ1) is 13.7. The van der Waals surface area contributed by atoms with Crippen LogP contribution in [-0.2, 0) is 0 Å². The molecule has 0 aliphatic carbocycles. The summed E-state index contributed by atoms with van der Waals surface area (Å²) in [6, 6.07) is 17.8. The van der Waals surface area contributed by atoms with E-state index in [9.17, 15) is 0 Å². The molecule has 5 heteroatoms. The van der Waals surface area contributed by atoms with Gasteiger partial charge < -0.3 is 4.74 Å². The van der Waals surface area contributed by atoms with Crippen molar-refractivity contribution in [3.63, 3.8) is 0 Å². The van der Waals surface area contributed by atoms with Crippen molar-refractivity contribution in [1.29, 1.82) is 0 Å². The summed E-state index contributed by atoms with van der Waals surface area (Å²) in [4.78, 5) is 4.61. The molecule has 0 aliphatic rings. The van der Waals surface area contributed by atoms with Gasteiger partial charge in [-0.25, -0.2) is 9.67 Å². The summed E-state index contributed by atoms with van der Waals surface area (Å²) in [5.41, 5.74) is 1.89. The van der Waals surface area contributed by atoms with Crippen LogP contribution < -0.4 is 4.74 Å². The lowest BCUT2D eigenvalue weighted by Crippen LogP contribution is -2.01. The molecule has 0 fully saturated rings. The summed E-state index contributed by atoms with van der Waals surface area (Å²) in [5, 5.41) is 5.47. The molecule has 3 aromatic rings. The fourth-order valence-electron chi connectivity index (χ4n) is 2.10. The minimum atomic E-state index is 0.714. The number of methoxy groups -OCH3 is 1. The van der Waals surface area contributed by atoms with Crippen molar-refractivity contribution in [2.45, 2.75) is 5.16 Å². The van der Waals surface area contributed by atoms with Crippen LogP contribution in [0.25, 0.3) is 17.1 Å². The van der Waals surface area contributed by atoms with Crippen LogP contribution in [0.5, 0.6) is 5.75 Å². The average molecular weight is 297 g/mol. The Morgan fingerprint density at radius 3 is 2.43 bits per heavy atom. The molecular formula is C16H15N3OS. The number of hydrogen-bond donors (Lipinski definition) is 0. The van der Waals surface area contributed by atoms with Gasteiger partial charge >= 0.3 is 0 Å². The lowest BCUT2D eigenvalue weighted by atomic mass is 10.2. The molecule has 0 saturated carbocycles. The van der Waals surface area contributed by atoms with Gasteiger partial charge in [-0.2, -0.15) is 0 Å². The monoisotopic (exact) mass is 297 g/mol. The number of benzene rings is 2. The zero-order valence-corrected chi connectivity index (χ0v) is 12.7. The van der Waals surface area contributed by atoms with Crippen LogP contribution in [0.3, 0.4) is 0 Å². The lowest BCUT2D eigenvalue weighted by molar-refractivity contribution is 0.410. The van der Waals surface area contributed by atoms with Crippen LogP contribution in [0.15, 0.2) is 59.8 Å². The van der Waals surface area contributed by atoms with Gasteiger partial charge in [0.15, 0.2) is 11.0 Å². The third kappa shape index (κ3) is 2.64. The first-order chi connectivity index (χ1) is 10.3. The van der Waals surface area contributed by atoms with Gasteiger partial charge in [-0.15, -0.1) is 5.10 Å². The van der Waals surface area contributed by atoms with Crippen LogP contribution in [0, 0.1) is 0 Å². The van der Waals surface area contributed by atoms with Gasteiger partial charge in [-0.1, -0.05) is 54.2 Å². The van der Waals surface area contributed by atoms with Gasteiger partial charge in [0.1, 0.15) is 11.4 Å². The van der Waals surface area contributed by atoms with E-state index in [1.165, 1.54) is 0 Å². The van der Waals surface area contributed by atoms with Crippen molar-refractivity contribution in [2.75, 3.05) is 13.4 Å². The minimum absolute atomic E-state index is 0.714. The zero-order chi connectivity index (χ0) is 14.7. The second kappa shape index (κ2) is 6.01. The van der Waals surface area contributed by atoms with Crippen molar-refractivity contribution in [1.82, 2.24) is 14.8 Å². The zero-order valence-electron chi connectivity index (χ0n) is 11.9. The summed E-state index contributed by atoms with van der Waals surface area (Å²) in [7, 11) is 1.66. The van der Waals surface area contributed by atoms with Crippen LogP contribution in [0.1, 0.15) is 0 Å². The van der Waals surface area contributed by atoms with Gasteiger partial charge in [-0.05, 0) is 18.4 Å². The largest absolute Gasteiger partial charge is 0.494 e. The molecule has 0 unspecified atom stereocenters. The highest BCUT2D eigenvalue weighted by Crippen LogP contribution is 2.28. The van der Waals surface area contributed by atoms with Crippen molar-refractivity contribution < 1.29 is 4.74 Å². The van der Waals surface area contributed by atoms with Gasteiger partial charge in [0.25, 0.3) is 0 Å². The molecule has 0 aliphatic heterocycles. The molecule has 3 rings (SSSR count). The maximum Gasteiger partial charge on any atom is 0.191 e. The molecular weight excluding hydrogens is 282 g/mol. The molecule has 0 N–H and O–H groups in total. The van der Waals surface area contributed by atoms with E-state index in [0.29, 0.717) is 5.82 Å². The molecule has 0 bridgehead atoms. The Balaban J connectivity index is 2.13. The van der Waals surface area contributed by atoms with Gasteiger partial charge in [0, 0.05) is 5.56 Å². The second-order valence-electron chi connectivity index (χ2n) is 4.37. The molecule has 0 saturated heterocycles. The Hall–Kier alpha value is -2.27. The topological polar surface area (TPSA) is 39.9 Å². The lowest BCUT2D eigenvalue weighted by Gasteiger charge is -2.08. The van der Waals surface area contributed by atoms with Crippen molar-refractivity contribution in [3.05, 3.63) is 54.6 Å². The quantitative estimate of drug-likeness (QED) is 0.689. The fraction of sp³-hybridized carbons (Fsp3) is 0.125. The van der Waals surface area contributed by atoms with E-state index in [0.717, 1.165) is 22.2 Å². The summed E-state index contributed by atoms with van der Waals surface area (Å²) in [5.74, 6) is 1.49. The average Bonchev–Trinajstić information content (AvgIpc) is 2.99. The highest BCUT2D eigenvalue weighted by atomic mass is 32.2. The number of hydrogen-bond acceptors (Lipinski definition) is 4. The molecule has 106 valence electrons. The van der Waals surface area contributed by atoms with E-state index < -0.39 is 0 Å². The summed E-state index contributed by atoms with van der Waals surface area (Å²) in [6.07, 6.45) is 1.99. The Morgan fingerprint density at radius 2 is 1.71 bits per heavy atom. The molecule has 0 atom stereocenters. The smallest absolute Gasteiger partial charge is 0.191 e. The fourth-order valence-corrected chi connectivity index (χ4v) is 2.59. The number of ether oxygens (including phenoxy) is 1. The third-order valence-electron chi connectivity index (χ3n) is 3.11. The van der Waals surface area contributed by atoms with Gasteiger partial charge in [0.05, 0.1) is 7.11 Å². The Morgan fingerprint density at radius 1 is 1.00 bits per heavy atom. The van der Waals surface area contributed by atoms with Crippen LogP contribution in [0.4, 0.5) is 0 Å². The highest BCUT2D eigenvalue weighted by molar-refractivity contribution is 7.98. The minimum Gasteiger partial charge on any atom is -0.494 e.